The molecule has 11 nitrogen and oxygen atoms in total. The number of carbonyl (C=O) groups is 3. The molecule has 1 amide bonds. The first kappa shape index (κ1) is 31.6. The minimum atomic E-state index is -5.08. The summed E-state index contributed by atoms with van der Waals surface area (Å²) in [5.41, 5.74) is 1.30. The van der Waals surface area contributed by atoms with Gasteiger partial charge in [0.1, 0.15) is 0 Å². The summed E-state index contributed by atoms with van der Waals surface area (Å²) in [6.45, 7) is 4.26. The normalized spacial score (nSPS) is 17.8. The molecule has 2 aliphatic heterocycles. The molecule has 2 aliphatic rings. The Balaban J connectivity index is 0.000000317. The molecule has 0 saturated carbocycles. The predicted molar refractivity (Wildman–Crippen MR) is 122 cm³/mol. The van der Waals surface area contributed by atoms with Crippen LogP contribution in [-0.2, 0) is 19.1 Å². The number of nitrogens with one attached hydrogen (secondary N) is 1. The van der Waals surface area contributed by atoms with E-state index < -0.39 is 24.3 Å². The Morgan fingerprint density at radius 1 is 0.974 bits per heavy atom. The highest BCUT2D eigenvalue weighted by atomic mass is 19.4. The highest BCUT2D eigenvalue weighted by Gasteiger charge is 2.38. The van der Waals surface area contributed by atoms with Gasteiger partial charge in [-0.25, -0.2) is 14.6 Å². The van der Waals surface area contributed by atoms with Crippen molar-refractivity contribution in [1.82, 2.24) is 14.7 Å². The molecule has 2 aromatic rings. The zero-order valence-corrected chi connectivity index (χ0v) is 20.3. The molecular formula is C22H26F6N4O7. The Bertz CT molecular complexity index is 1090. The molecule has 0 spiro atoms. The lowest BCUT2D eigenvalue weighted by Gasteiger charge is -2.27. The molecule has 0 bridgehead atoms. The van der Waals surface area contributed by atoms with Crippen molar-refractivity contribution in [2.75, 3.05) is 44.4 Å². The maximum atomic E-state index is 12.7. The number of amides is 1. The quantitative estimate of drug-likeness (QED) is 0.472. The molecule has 1 atom stereocenters. The Morgan fingerprint density at radius 3 is 2.08 bits per heavy atom. The number of ether oxygens (including phenoxy) is 2. The summed E-state index contributed by atoms with van der Waals surface area (Å²) in [5, 5.41) is 17.2. The van der Waals surface area contributed by atoms with Crippen molar-refractivity contribution in [3.8, 4) is 0 Å². The molecule has 17 heteroatoms. The van der Waals surface area contributed by atoms with Crippen molar-refractivity contribution < 1.29 is 60.4 Å². The Labute approximate surface area is 217 Å². The predicted octanol–water partition coefficient (Wildman–Crippen LogP) is 2.74. The van der Waals surface area contributed by atoms with Gasteiger partial charge >= 0.3 is 24.3 Å². The second-order valence-corrected chi connectivity index (χ2v) is 8.12. The number of aliphatic carboxylic acids is 2. The van der Waals surface area contributed by atoms with Crippen LogP contribution in [0.1, 0.15) is 29.8 Å². The monoisotopic (exact) mass is 572 g/mol. The molecule has 0 aliphatic carbocycles. The van der Waals surface area contributed by atoms with Gasteiger partial charge in [-0.15, -0.1) is 0 Å². The average Bonchev–Trinajstić information content (AvgIpc) is 3.28. The van der Waals surface area contributed by atoms with E-state index in [0.717, 1.165) is 50.4 Å². The van der Waals surface area contributed by atoms with Crippen molar-refractivity contribution in [1.29, 1.82) is 0 Å². The zero-order chi connectivity index (χ0) is 29.2. The van der Waals surface area contributed by atoms with Crippen LogP contribution in [0.25, 0.3) is 5.52 Å². The van der Waals surface area contributed by atoms with Gasteiger partial charge in [-0.2, -0.15) is 26.3 Å². The van der Waals surface area contributed by atoms with Crippen LogP contribution in [0, 0.1) is 0 Å². The van der Waals surface area contributed by atoms with Gasteiger partial charge in [0.2, 0.25) is 5.95 Å². The van der Waals surface area contributed by atoms with Gasteiger partial charge in [0, 0.05) is 32.4 Å². The van der Waals surface area contributed by atoms with Crippen LogP contribution < -0.4 is 10.2 Å². The first-order chi connectivity index (χ1) is 18.2. The number of halogens is 6. The summed E-state index contributed by atoms with van der Waals surface area (Å²) >= 11 is 0. The molecule has 39 heavy (non-hydrogen) atoms. The smallest absolute Gasteiger partial charge is 0.475 e. The lowest BCUT2D eigenvalue weighted by molar-refractivity contribution is -0.193. The lowest BCUT2D eigenvalue weighted by Crippen LogP contribution is -2.37. The molecule has 0 radical (unpaired) electrons. The summed E-state index contributed by atoms with van der Waals surface area (Å²) in [4.78, 5) is 37.3. The van der Waals surface area contributed by atoms with Crippen LogP contribution in [0.3, 0.4) is 0 Å². The third-order valence-corrected chi connectivity index (χ3v) is 5.29. The first-order valence-electron chi connectivity index (χ1n) is 11.5. The largest absolute Gasteiger partial charge is 0.490 e. The Hall–Kier alpha value is -3.60. The van der Waals surface area contributed by atoms with E-state index in [2.05, 4.69) is 15.2 Å². The van der Waals surface area contributed by atoms with E-state index in [1.54, 1.807) is 0 Å². The van der Waals surface area contributed by atoms with Gasteiger partial charge in [0.15, 0.2) is 5.69 Å². The number of imidazole rings is 1. The Morgan fingerprint density at radius 2 is 1.56 bits per heavy atom. The maximum absolute atomic E-state index is 12.7. The minimum Gasteiger partial charge on any atom is -0.475 e. The van der Waals surface area contributed by atoms with Gasteiger partial charge in [-0.1, -0.05) is 6.07 Å². The molecule has 4 heterocycles. The topological polar surface area (TPSA) is 143 Å². The van der Waals surface area contributed by atoms with Gasteiger partial charge in [-0.3, -0.25) is 9.20 Å². The first-order valence-corrected chi connectivity index (χ1v) is 11.5. The fourth-order valence-electron chi connectivity index (χ4n) is 3.43. The van der Waals surface area contributed by atoms with Crippen LogP contribution in [0.5, 0.6) is 0 Å². The van der Waals surface area contributed by atoms with E-state index in [1.807, 2.05) is 28.8 Å². The number of alkyl halides is 6. The molecule has 2 aromatic heterocycles. The summed E-state index contributed by atoms with van der Waals surface area (Å²) in [6.07, 6.45) is -4.82. The lowest BCUT2D eigenvalue weighted by atomic mass is 10.1. The fourth-order valence-corrected chi connectivity index (χ4v) is 3.43. The number of fused-ring (bicyclic) bond motifs is 1. The third-order valence-electron chi connectivity index (χ3n) is 5.29. The van der Waals surface area contributed by atoms with E-state index in [-0.39, 0.29) is 12.0 Å². The summed E-state index contributed by atoms with van der Waals surface area (Å²) in [7, 11) is 0. The summed E-state index contributed by atoms with van der Waals surface area (Å²) < 4.78 is 76.6. The van der Waals surface area contributed by atoms with Crippen LogP contribution in [0.2, 0.25) is 0 Å². The second-order valence-electron chi connectivity index (χ2n) is 8.12. The molecule has 4 rings (SSSR count). The van der Waals surface area contributed by atoms with Crippen molar-refractivity contribution in [2.45, 2.75) is 37.7 Å². The van der Waals surface area contributed by atoms with Gasteiger partial charge < -0.3 is 29.9 Å². The molecule has 2 saturated heterocycles. The van der Waals surface area contributed by atoms with E-state index >= 15 is 0 Å². The number of nitrogens with zero attached hydrogens (tertiary/aromatic N) is 3. The molecule has 218 valence electrons. The second kappa shape index (κ2) is 14.0. The van der Waals surface area contributed by atoms with Crippen LogP contribution >= 0.6 is 0 Å². The molecule has 3 N–H and O–H groups in total. The van der Waals surface area contributed by atoms with Crippen molar-refractivity contribution in [3.63, 3.8) is 0 Å². The number of carboxylic acids is 2. The van der Waals surface area contributed by atoms with E-state index in [1.165, 1.54) is 0 Å². The number of rotatable bonds is 4. The maximum Gasteiger partial charge on any atom is 0.490 e. The molecule has 2 fully saturated rings. The average molecular weight is 572 g/mol. The standard InChI is InChI=1S/C18H24N4O3.2C2HF3O2/c23-17(19-13-14-5-2-4-10-25-14)16-15-6-1-3-7-22(15)18(20-16)21-8-11-24-12-9-21;2*3-2(4,5)1(6)7/h1,3,6-7,14H,2,4-5,8-13H2,(H,19,23);2*(H,6,7). The van der Waals surface area contributed by atoms with Crippen molar-refractivity contribution >= 4 is 29.3 Å². The van der Waals surface area contributed by atoms with Crippen LogP contribution in [-0.4, -0.2) is 95.4 Å². The van der Waals surface area contributed by atoms with Gasteiger partial charge in [0.05, 0.1) is 24.8 Å². The van der Waals surface area contributed by atoms with Crippen LogP contribution in [0.4, 0.5) is 32.3 Å². The van der Waals surface area contributed by atoms with E-state index in [9.17, 15) is 31.1 Å². The number of aromatic nitrogens is 2. The SMILES string of the molecule is O=C(NCC1CCCCO1)c1nc(N2CCOCC2)n2ccccc12.O=C(O)C(F)(F)F.O=C(O)C(F)(F)F. The Kier molecular flexibility index (Phi) is 11.3. The number of carbonyl (C=O) groups excluding carboxylic acids is 1. The third kappa shape index (κ3) is 9.90. The van der Waals surface area contributed by atoms with E-state index in [4.69, 9.17) is 29.3 Å². The summed E-state index contributed by atoms with van der Waals surface area (Å²) in [5.74, 6) is -4.85. The molecule has 1 unspecified atom stereocenters. The number of morpholine rings is 1. The zero-order valence-electron chi connectivity index (χ0n) is 20.3. The minimum absolute atomic E-state index is 0.116. The van der Waals surface area contributed by atoms with Crippen molar-refractivity contribution in [3.05, 3.63) is 30.1 Å². The number of hydrogen-bond acceptors (Lipinski definition) is 7. The molecular weight excluding hydrogens is 546 g/mol. The van der Waals surface area contributed by atoms with Gasteiger partial charge in [-0.05, 0) is 31.4 Å². The number of hydrogen-bond donors (Lipinski definition) is 3. The van der Waals surface area contributed by atoms with Gasteiger partial charge in [0.25, 0.3) is 5.91 Å². The molecule has 0 aromatic carbocycles. The number of anilines is 1. The summed E-state index contributed by atoms with van der Waals surface area (Å²) in [6, 6.07) is 5.82. The highest BCUT2D eigenvalue weighted by molar-refractivity contribution is 5.99. The highest BCUT2D eigenvalue weighted by Crippen LogP contribution is 2.21. The van der Waals surface area contributed by atoms with Crippen LogP contribution in [0.15, 0.2) is 24.4 Å². The van der Waals surface area contributed by atoms with E-state index in [0.29, 0.717) is 25.5 Å². The fraction of sp³-hybridized carbons (Fsp3) is 0.545. The van der Waals surface area contributed by atoms with Crippen molar-refractivity contribution in [2.24, 2.45) is 0 Å². The number of pyridine rings is 1. The number of carboxylic acid groups (broad SMARTS) is 2.